The van der Waals surface area contributed by atoms with Crippen molar-refractivity contribution in [3.8, 4) is 5.75 Å². The Hall–Kier alpha value is -2.22. The highest BCUT2D eigenvalue weighted by Crippen LogP contribution is 2.38. The first kappa shape index (κ1) is 22.1. The molecule has 1 fully saturated rings. The number of carbonyl (C=O) groups is 2. The van der Waals surface area contributed by atoms with Gasteiger partial charge in [0, 0.05) is 5.41 Å². The van der Waals surface area contributed by atoms with Gasteiger partial charge in [0.1, 0.15) is 17.5 Å². The summed E-state index contributed by atoms with van der Waals surface area (Å²) in [5, 5.41) is 2.55. The Kier molecular flexibility index (Phi) is 6.64. The van der Waals surface area contributed by atoms with Crippen LogP contribution in [0.1, 0.15) is 45.0 Å². The minimum absolute atomic E-state index is 0.00995. The second-order valence-corrected chi connectivity index (χ2v) is 7.78. The average molecular weight is 399 g/mol. The normalized spacial score (nSPS) is 27.8. The second kappa shape index (κ2) is 8.43. The van der Waals surface area contributed by atoms with Crippen LogP contribution in [-0.4, -0.2) is 43.3 Å². The summed E-state index contributed by atoms with van der Waals surface area (Å²) in [6.45, 7) is 7.73. The number of benzene rings is 1. The maximum Gasteiger partial charge on any atom is 0.369 e. The van der Waals surface area contributed by atoms with Gasteiger partial charge in [-0.2, -0.15) is 4.39 Å². The minimum Gasteiger partial charge on any atom is -0.462 e. The average Bonchev–Trinajstić information content (AvgIpc) is 2.62. The van der Waals surface area contributed by atoms with Crippen LogP contribution in [0.15, 0.2) is 24.3 Å². The van der Waals surface area contributed by atoms with Gasteiger partial charge in [-0.15, -0.1) is 0 Å². The van der Waals surface area contributed by atoms with Crippen molar-refractivity contribution in [1.82, 2.24) is 5.32 Å². The van der Waals surface area contributed by atoms with Crippen LogP contribution in [0, 0.1) is 11.3 Å². The number of hydrogen-bond donors (Lipinski definition) is 1. The fraction of sp³-hybridized carbons (Fsp3) is 0.600. The van der Waals surface area contributed by atoms with Gasteiger partial charge in [0.2, 0.25) is 5.91 Å². The summed E-state index contributed by atoms with van der Waals surface area (Å²) in [7, 11) is 0. The summed E-state index contributed by atoms with van der Waals surface area (Å²) in [5.41, 5.74) is -0.710. The molecule has 1 aliphatic rings. The van der Waals surface area contributed by atoms with Crippen LogP contribution in [-0.2, 0) is 14.3 Å². The monoisotopic (exact) mass is 399 g/mol. The molecule has 156 valence electrons. The van der Waals surface area contributed by atoms with E-state index >= 15 is 4.39 Å². The van der Waals surface area contributed by atoms with Crippen molar-refractivity contribution in [3.05, 3.63) is 29.8 Å². The number of nitrogens with one attached hydrogen (secondary N) is 1. The molecular formula is C20H27F2NO5. The van der Waals surface area contributed by atoms with Crippen LogP contribution in [0.25, 0.3) is 0 Å². The Bertz CT molecular complexity index is 721. The number of hydrogen-bond acceptors (Lipinski definition) is 5. The third-order valence-electron chi connectivity index (χ3n) is 4.49. The molecule has 0 bridgehead atoms. The van der Waals surface area contributed by atoms with Crippen LogP contribution in [0.4, 0.5) is 8.78 Å². The number of rotatable bonds is 5. The summed E-state index contributed by atoms with van der Waals surface area (Å²) in [6, 6.07) is 2.12. The lowest BCUT2D eigenvalue weighted by molar-refractivity contribution is -0.331. The first-order valence-electron chi connectivity index (χ1n) is 9.22. The molecule has 8 heteroatoms. The molecule has 6 nitrogen and oxygen atoms in total. The summed E-state index contributed by atoms with van der Waals surface area (Å²) in [5.74, 6) is -2.52. The largest absolute Gasteiger partial charge is 0.462 e. The molecule has 1 saturated heterocycles. The zero-order valence-corrected chi connectivity index (χ0v) is 16.8. The Balaban J connectivity index is 2.16. The van der Waals surface area contributed by atoms with Crippen molar-refractivity contribution < 1.29 is 32.6 Å². The highest BCUT2D eigenvalue weighted by Gasteiger charge is 2.53. The molecule has 0 aromatic heterocycles. The van der Waals surface area contributed by atoms with Crippen LogP contribution in [0.3, 0.4) is 0 Å². The Morgan fingerprint density at radius 2 is 1.96 bits per heavy atom. The van der Waals surface area contributed by atoms with Crippen LogP contribution in [0.2, 0.25) is 0 Å². The van der Waals surface area contributed by atoms with Crippen molar-refractivity contribution in [2.45, 2.75) is 52.9 Å². The van der Waals surface area contributed by atoms with E-state index in [0.29, 0.717) is 0 Å². The molecule has 0 radical (unpaired) electrons. The number of carbonyl (C=O) groups excluding carboxylic acids is 2. The maximum absolute atomic E-state index is 15.3. The van der Waals surface area contributed by atoms with E-state index in [4.69, 9.17) is 14.2 Å². The zero-order valence-electron chi connectivity index (χ0n) is 16.8. The van der Waals surface area contributed by atoms with Crippen LogP contribution >= 0.6 is 0 Å². The lowest BCUT2D eigenvalue weighted by Gasteiger charge is -2.41. The van der Waals surface area contributed by atoms with E-state index in [2.05, 4.69) is 5.32 Å². The predicted molar refractivity (Wildman–Crippen MR) is 98.3 cm³/mol. The molecule has 2 rings (SSSR count). The Labute approximate surface area is 163 Å². The summed E-state index contributed by atoms with van der Waals surface area (Å²) in [6.07, 6.45) is -1.75. The van der Waals surface area contributed by atoms with E-state index in [1.54, 1.807) is 39.8 Å². The number of halogens is 2. The molecule has 0 aliphatic carbocycles. The van der Waals surface area contributed by atoms with Gasteiger partial charge in [-0.3, -0.25) is 4.79 Å². The van der Waals surface area contributed by atoms with Gasteiger partial charge in [-0.1, -0.05) is 39.8 Å². The molecule has 0 saturated carbocycles. The fourth-order valence-electron chi connectivity index (χ4n) is 2.68. The highest BCUT2D eigenvalue weighted by atomic mass is 19.2. The van der Waals surface area contributed by atoms with E-state index in [1.807, 2.05) is 0 Å². The lowest BCUT2D eigenvalue weighted by Crippen LogP contribution is -2.61. The fourth-order valence-corrected chi connectivity index (χ4v) is 2.68. The first-order valence-corrected chi connectivity index (χ1v) is 9.22. The molecule has 1 aromatic rings. The summed E-state index contributed by atoms with van der Waals surface area (Å²) < 4.78 is 45.6. The molecule has 4 unspecified atom stereocenters. The highest BCUT2D eigenvalue weighted by molar-refractivity contribution is 5.92. The maximum atomic E-state index is 15.3. The summed E-state index contributed by atoms with van der Waals surface area (Å²) >= 11 is 0. The van der Waals surface area contributed by atoms with Crippen molar-refractivity contribution >= 4 is 11.9 Å². The third kappa shape index (κ3) is 4.79. The van der Waals surface area contributed by atoms with Gasteiger partial charge in [0.15, 0.2) is 0 Å². The number of esters is 1. The van der Waals surface area contributed by atoms with E-state index in [-0.39, 0.29) is 23.8 Å². The zero-order chi connectivity index (χ0) is 21.1. The molecule has 1 amide bonds. The molecular weight excluding hydrogens is 372 g/mol. The molecule has 1 N–H and O–H groups in total. The van der Waals surface area contributed by atoms with Crippen molar-refractivity contribution in [2.75, 3.05) is 13.2 Å². The van der Waals surface area contributed by atoms with Crippen molar-refractivity contribution in [3.63, 3.8) is 0 Å². The smallest absolute Gasteiger partial charge is 0.369 e. The van der Waals surface area contributed by atoms with Gasteiger partial charge < -0.3 is 19.5 Å². The SMILES string of the molecule is CCOC(=O)c1ccccc1OC1(F)OCC(NC(=O)C(C)(C)C)C(F)C1C. The summed E-state index contributed by atoms with van der Waals surface area (Å²) in [4.78, 5) is 24.1. The number of para-hydroxylation sites is 1. The lowest BCUT2D eigenvalue weighted by atomic mass is 9.91. The van der Waals surface area contributed by atoms with Crippen molar-refractivity contribution in [2.24, 2.45) is 11.3 Å². The quantitative estimate of drug-likeness (QED) is 0.769. The third-order valence-corrected chi connectivity index (χ3v) is 4.49. The van der Waals surface area contributed by atoms with Crippen LogP contribution in [0.5, 0.6) is 5.75 Å². The van der Waals surface area contributed by atoms with Gasteiger partial charge in [0.05, 0.1) is 25.2 Å². The topological polar surface area (TPSA) is 73.9 Å². The van der Waals surface area contributed by atoms with Gasteiger partial charge >= 0.3 is 12.0 Å². The van der Waals surface area contributed by atoms with E-state index in [0.717, 1.165) is 0 Å². The van der Waals surface area contributed by atoms with Crippen LogP contribution < -0.4 is 10.1 Å². The minimum atomic E-state index is -2.80. The van der Waals surface area contributed by atoms with Gasteiger partial charge in [-0.05, 0) is 19.1 Å². The second-order valence-electron chi connectivity index (χ2n) is 7.78. The van der Waals surface area contributed by atoms with E-state index in [9.17, 15) is 14.0 Å². The molecule has 4 atom stereocenters. The van der Waals surface area contributed by atoms with Gasteiger partial charge in [-0.25, -0.2) is 9.18 Å². The number of ether oxygens (including phenoxy) is 3. The van der Waals surface area contributed by atoms with E-state index in [1.165, 1.54) is 19.1 Å². The molecule has 28 heavy (non-hydrogen) atoms. The number of amides is 1. The molecule has 1 aromatic carbocycles. The Morgan fingerprint density at radius 1 is 1.32 bits per heavy atom. The van der Waals surface area contributed by atoms with Gasteiger partial charge in [0.25, 0.3) is 0 Å². The predicted octanol–water partition coefficient (Wildman–Crippen LogP) is 3.40. The molecule has 0 spiro atoms. The Morgan fingerprint density at radius 3 is 2.57 bits per heavy atom. The van der Waals surface area contributed by atoms with E-state index < -0.39 is 42.2 Å². The molecule has 1 heterocycles. The first-order chi connectivity index (χ1) is 13.0. The standard InChI is InChI=1S/C20H27F2NO5/c1-6-26-17(24)13-9-7-8-10-15(13)28-20(22)12(2)16(21)14(11-27-20)23-18(25)19(3,4)5/h7-10,12,14,16H,6,11H2,1-5H3,(H,23,25). The van der Waals surface area contributed by atoms with Crippen molar-refractivity contribution in [1.29, 1.82) is 0 Å². The number of alkyl halides is 2. The molecule has 1 aliphatic heterocycles.